The number of carboxylic acid groups (broad SMARTS) is 1. The minimum atomic E-state index is -0.930. The van der Waals surface area contributed by atoms with Crippen LogP contribution in [0.3, 0.4) is 0 Å². The van der Waals surface area contributed by atoms with Crippen LogP contribution in [0.25, 0.3) is 0 Å². The van der Waals surface area contributed by atoms with Crippen molar-refractivity contribution in [2.24, 2.45) is 0 Å². The maximum absolute atomic E-state index is 10.5. The fraction of sp³-hybridized carbons (Fsp3) is 0.222. The lowest BCUT2D eigenvalue weighted by molar-refractivity contribution is 0.0697. The number of aromatic carboxylic acids is 1. The Morgan fingerprint density at radius 1 is 1.38 bits per heavy atom. The summed E-state index contributed by atoms with van der Waals surface area (Å²) >= 11 is 3.98. The molecule has 0 saturated heterocycles. The highest BCUT2D eigenvalue weighted by Gasteiger charge is 2.01. The zero-order valence-electron chi connectivity index (χ0n) is 6.93. The minimum Gasteiger partial charge on any atom is -0.493 e. The highest BCUT2D eigenvalue weighted by atomic mass is 32.1. The van der Waals surface area contributed by atoms with Gasteiger partial charge in [0.15, 0.2) is 0 Å². The molecule has 1 rings (SSSR count). The molecular weight excluding hydrogens is 188 g/mol. The van der Waals surface area contributed by atoms with Crippen molar-refractivity contribution in [2.45, 2.75) is 0 Å². The second kappa shape index (κ2) is 4.77. The van der Waals surface area contributed by atoms with Gasteiger partial charge in [-0.1, -0.05) is 0 Å². The quantitative estimate of drug-likeness (QED) is 0.724. The minimum absolute atomic E-state index is 0.262. The number of ether oxygens (including phenoxy) is 1. The van der Waals surface area contributed by atoms with E-state index in [0.29, 0.717) is 18.1 Å². The molecular formula is C9H10O3S. The number of hydrogen-bond acceptors (Lipinski definition) is 3. The first kappa shape index (κ1) is 9.92. The molecule has 0 bridgehead atoms. The molecule has 0 amide bonds. The average molecular weight is 198 g/mol. The molecule has 4 heteroatoms. The molecule has 1 aromatic rings. The van der Waals surface area contributed by atoms with Crippen molar-refractivity contribution >= 4 is 18.6 Å². The zero-order valence-corrected chi connectivity index (χ0v) is 7.83. The van der Waals surface area contributed by atoms with Gasteiger partial charge in [-0.25, -0.2) is 4.79 Å². The molecule has 0 radical (unpaired) electrons. The van der Waals surface area contributed by atoms with Crippen molar-refractivity contribution < 1.29 is 14.6 Å². The van der Waals surface area contributed by atoms with Crippen molar-refractivity contribution in [1.29, 1.82) is 0 Å². The highest BCUT2D eigenvalue weighted by molar-refractivity contribution is 7.80. The van der Waals surface area contributed by atoms with Crippen molar-refractivity contribution in [3.8, 4) is 5.75 Å². The lowest BCUT2D eigenvalue weighted by Gasteiger charge is -2.03. The molecule has 3 nitrogen and oxygen atoms in total. The van der Waals surface area contributed by atoms with Gasteiger partial charge < -0.3 is 9.84 Å². The van der Waals surface area contributed by atoms with Crippen LogP contribution in [-0.4, -0.2) is 23.4 Å². The van der Waals surface area contributed by atoms with E-state index in [9.17, 15) is 4.79 Å². The average Bonchev–Trinajstić information content (AvgIpc) is 2.15. The third-order valence-corrected chi connectivity index (χ3v) is 1.64. The Kier molecular flexibility index (Phi) is 3.64. The summed E-state index contributed by atoms with van der Waals surface area (Å²) in [5.74, 6) is 0.375. The first-order chi connectivity index (χ1) is 6.24. The second-order valence-corrected chi connectivity index (χ2v) is 2.85. The lowest BCUT2D eigenvalue weighted by Crippen LogP contribution is -1.99. The van der Waals surface area contributed by atoms with E-state index in [1.165, 1.54) is 12.1 Å². The maximum Gasteiger partial charge on any atom is 0.335 e. The molecule has 0 fully saturated rings. The van der Waals surface area contributed by atoms with Gasteiger partial charge in [-0.05, 0) is 24.3 Å². The van der Waals surface area contributed by atoms with E-state index in [1.807, 2.05) is 0 Å². The van der Waals surface area contributed by atoms with Gasteiger partial charge in [0.2, 0.25) is 0 Å². The third kappa shape index (κ3) is 2.99. The number of benzene rings is 1. The summed E-state index contributed by atoms with van der Waals surface area (Å²) < 4.78 is 5.22. The van der Waals surface area contributed by atoms with Gasteiger partial charge in [0, 0.05) is 5.75 Å². The molecule has 0 aliphatic carbocycles. The summed E-state index contributed by atoms with van der Waals surface area (Å²) in [4.78, 5) is 10.5. The molecule has 13 heavy (non-hydrogen) atoms. The fourth-order valence-electron chi connectivity index (χ4n) is 0.857. The maximum atomic E-state index is 10.5. The smallest absolute Gasteiger partial charge is 0.335 e. The van der Waals surface area contributed by atoms with E-state index in [-0.39, 0.29) is 5.56 Å². The Labute approximate surface area is 81.8 Å². The van der Waals surface area contributed by atoms with Crippen molar-refractivity contribution in [3.05, 3.63) is 29.8 Å². The Hall–Kier alpha value is -1.16. The highest BCUT2D eigenvalue weighted by Crippen LogP contribution is 2.11. The Morgan fingerprint density at radius 2 is 2.00 bits per heavy atom. The second-order valence-electron chi connectivity index (χ2n) is 2.40. The van der Waals surface area contributed by atoms with Crippen LogP contribution in [0.1, 0.15) is 10.4 Å². The van der Waals surface area contributed by atoms with Gasteiger partial charge in [-0.2, -0.15) is 12.6 Å². The third-order valence-electron chi connectivity index (χ3n) is 1.46. The Bertz CT molecular complexity index is 281. The van der Waals surface area contributed by atoms with Crippen LogP contribution in [0, 0.1) is 0 Å². The summed E-state index contributed by atoms with van der Waals surface area (Å²) in [6.45, 7) is 0.523. The molecule has 0 aliphatic rings. The molecule has 1 aromatic carbocycles. The molecule has 0 atom stereocenters. The van der Waals surface area contributed by atoms with Gasteiger partial charge in [-0.3, -0.25) is 0 Å². The summed E-state index contributed by atoms with van der Waals surface area (Å²) in [6, 6.07) is 6.28. The first-order valence-corrected chi connectivity index (χ1v) is 4.44. The molecule has 0 spiro atoms. The number of carbonyl (C=O) groups is 1. The van der Waals surface area contributed by atoms with Crippen LogP contribution in [0.15, 0.2) is 24.3 Å². The monoisotopic (exact) mass is 198 g/mol. The topological polar surface area (TPSA) is 46.5 Å². The molecule has 0 aliphatic heterocycles. The van der Waals surface area contributed by atoms with Crippen LogP contribution in [0.2, 0.25) is 0 Å². The Balaban J connectivity index is 2.64. The van der Waals surface area contributed by atoms with Crippen LogP contribution in [0.5, 0.6) is 5.75 Å². The predicted octanol–water partition coefficient (Wildman–Crippen LogP) is 1.69. The number of rotatable bonds is 4. The largest absolute Gasteiger partial charge is 0.493 e. The lowest BCUT2D eigenvalue weighted by atomic mass is 10.2. The van der Waals surface area contributed by atoms with Crippen LogP contribution in [0.4, 0.5) is 0 Å². The Morgan fingerprint density at radius 3 is 2.46 bits per heavy atom. The molecule has 0 unspecified atom stereocenters. The molecule has 0 saturated carbocycles. The summed E-state index contributed by atoms with van der Waals surface area (Å²) in [5, 5.41) is 8.60. The van der Waals surface area contributed by atoms with Gasteiger partial charge in [0.25, 0.3) is 0 Å². The fourth-order valence-corrected chi connectivity index (χ4v) is 0.949. The van der Waals surface area contributed by atoms with Gasteiger partial charge in [0.1, 0.15) is 5.75 Å². The van der Waals surface area contributed by atoms with E-state index < -0.39 is 5.97 Å². The predicted molar refractivity (Wildman–Crippen MR) is 52.7 cm³/mol. The van der Waals surface area contributed by atoms with Crippen molar-refractivity contribution in [3.63, 3.8) is 0 Å². The van der Waals surface area contributed by atoms with Crippen LogP contribution in [-0.2, 0) is 0 Å². The number of carboxylic acids is 1. The van der Waals surface area contributed by atoms with E-state index in [4.69, 9.17) is 9.84 Å². The molecule has 0 aromatic heterocycles. The normalized spacial score (nSPS) is 9.62. The number of thiol groups is 1. The molecule has 0 heterocycles. The van der Waals surface area contributed by atoms with E-state index >= 15 is 0 Å². The summed E-state index contributed by atoms with van der Waals surface area (Å²) in [7, 11) is 0. The van der Waals surface area contributed by atoms with E-state index in [1.54, 1.807) is 12.1 Å². The van der Waals surface area contributed by atoms with Gasteiger partial charge >= 0.3 is 5.97 Å². The summed E-state index contributed by atoms with van der Waals surface area (Å²) in [5.41, 5.74) is 0.262. The SMILES string of the molecule is O=C(O)c1ccc(OCCS)cc1. The molecule has 70 valence electrons. The summed E-state index contributed by atoms with van der Waals surface area (Å²) in [6.07, 6.45) is 0. The van der Waals surface area contributed by atoms with Gasteiger partial charge in [0.05, 0.1) is 12.2 Å². The standard InChI is InChI=1S/C9H10O3S/c10-9(11)7-1-3-8(4-2-7)12-5-6-13/h1-4,13H,5-6H2,(H,10,11). The van der Waals surface area contributed by atoms with Crippen molar-refractivity contribution in [1.82, 2.24) is 0 Å². The van der Waals surface area contributed by atoms with Crippen molar-refractivity contribution in [2.75, 3.05) is 12.4 Å². The van der Waals surface area contributed by atoms with Crippen LogP contribution >= 0.6 is 12.6 Å². The first-order valence-electron chi connectivity index (χ1n) is 3.81. The number of hydrogen-bond donors (Lipinski definition) is 2. The zero-order chi connectivity index (χ0) is 9.68. The van der Waals surface area contributed by atoms with E-state index in [0.717, 1.165) is 0 Å². The van der Waals surface area contributed by atoms with E-state index in [2.05, 4.69) is 12.6 Å². The van der Waals surface area contributed by atoms with Crippen LogP contribution < -0.4 is 4.74 Å². The van der Waals surface area contributed by atoms with Gasteiger partial charge in [-0.15, -0.1) is 0 Å². The molecule has 1 N–H and O–H groups in total.